The highest BCUT2D eigenvalue weighted by Crippen LogP contribution is 2.44. The first-order valence-corrected chi connectivity index (χ1v) is 21.9. The van der Waals surface area contributed by atoms with Crippen LogP contribution in [-0.4, -0.2) is 117 Å². The van der Waals surface area contributed by atoms with E-state index in [0.29, 0.717) is 19.7 Å². The topological polar surface area (TPSA) is 203 Å². The number of ether oxygens (including phenoxy) is 4. The molecule has 0 spiro atoms. The Morgan fingerprint density at radius 1 is 0.797 bits per heavy atom. The summed E-state index contributed by atoms with van der Waals surface area (Å²) >= 11 is 0. The smallest absolute Gasteiger partial charge is 0.407 e. The number of carbonyl (C=O) groups excluding carboxylic acids is 1. The van der Waals surface area contributed by atoms with Crippen LogP contribution < -0.4 is 15.4 Å². The number of rotatable bonds is 15. The fraction of sp³-hybridized carbons (Fsp3) is 0.396. The summed E-state index contributed by atoms with van der Waals surface area (Å²) in [5, 5.41) is 41.3. The van der Waals surface area contributed by atoms with Crippen molar-refractivity contribution in [2.24, 2.45) is 0 Å². The zero-order valence-corrected chi connectivity index (χ0v) is 36.4. The number of hydrogen-bond donors (Lipinski definition) is 7. The van der Waals surface area contributed by atoms with Gasteiger partial charge in [0.25, 0.3) is 0 Å². The number of aliphatic hydroxyl groups excluding tert-OH is 3. The summed E-state index contributed by atoms with van der Waals surface area (Å²) in [6.45, 7) is 3.52. The van der Waals surface area contributed by atoms with Crippen LogP contribution in [0.15, 0.2) is 91.3 Å². The van der Waals surface area contributed by atoms with Gasteiger partial charge >= 0.3 is 6.09 Å². The zero-order chi connectivity index (χ0) is 44.5. The summed E-state index contributed by atoms with van der Waals surface area (Å²) in [4.78, 5) is 32.8. The van der Waals surface area contributed by atoms with Gasteiger partial charge in [0.15, 0.2) is 0 Å². The first-order valence-electron chi connectivity index (χ1n) is 21.9. The average Bonchev–Trinajstić information content (AvgIpc) is 4.19. The van der Waals surface area contributed by atoms with Gasteiger partial charge in [-0.05, 0) is 78.4 Å². The number of fused-ring (bicyclic) bond motifs is 5. The van der Waals surface area contributed by atoms with Crippen LogP contribution in [-0.2, 0) is 20.8 Å². The van der Waals surface area contributed by atoms with Crippen molar-refractivity contribution in [1.82, 2.24) is 40.4 Å². The van der Waals surface area contributed by atoms with E-state index >= 15 is 0 Å². The van der Waals surface area contributed by atoms with E-state index in [1.54, 1.807) is 14.0 Å². The standard InChI is InChI=1S/C48H56N8O8/c1-27(61-2)40(53-47(59)62-3)45(57)55-20-8-12-38(55)43-50-25-37(52-43)31-15-17-33-32(23-31)26-64-42-34-18-16-30(22-29(34)14-19-35(33)42)36-24-49-44(51-36)39-13-9-21-56(39)46(58)41(54-48(60)63-4)28-10-6-5-7-11-28/h5-7,10-11,14-19,22-25,27,38-41,45-46,48,54,57-58,60H,8-9,12-13,20-21,26H2,1-4H3,(H,49,51)(H,50,52)(H,53,59)/t27-,38+,39+,40+,41-,45?,46?,48?/m1/s1. The third-order valence-electron chi connectivity index (χ3n) is 13.1. The highest BCUT2D eigenvalue weighted by molar-refractivity contribution is 5.98. The number of H-pyrrole nitrogens is 2. The van der Waals surface area contributed by atoms with Gasteiger partial charge in [0.05, 0.1) is 61.2 Å². The van der Waals surface area contributed by atoms with Crippen LogP contribution in [0.1, 0.15) is 73.5 Å². The molecule has 16 heteroatoms. The van der Waals surface area contributed by atoms with Gasteiger partial charge in [-0.2, -0.15) is 0 Å². The van der Waals surface area contributed by atoms with E-state index in [1.807, 2.05) is 52.5 Å². The van der Waals surface area contributed by atoms with Gasteiger partial charge in [-0.25, -0.2) is 14.8 Å². The van der Waals surface area contributed by atoms with Crippen LogP contribution in [0.4, 0.5) is 4.79 Å². The number of benzene rings is 4. The Balaban J connectivity index is 0.909. The second kappa shape index (κ2) is 18.8. The molecule has 9 rings (SSSR count). The zero-order valence-electron chi connectivity index (χ0n) is 36.4. The van der Waals surface area contributed by atoms with Crippen LogP contribution in [0.3, 0.4) is 0 Å². The van der Waals surface area contributed by atoms with E-state index in [-0.39, 0.29) is 12.1 Å². The number of amides is 1. The minimum absolute atomic E-state index is 0.147. The number of methoxy groups -OCH3 is 3. The molecule has 4 aromatic carbocycles. The molecule has 0 radical (unpaired) electrons. The van der Waals surface area contributed by atoms with Crippen LogP contribution >= 0.6 is 0 Å². The van der Waals surface area contributed by atoms with Crippen molar-refractivity contribution in [2.45, 2.75) is 88.4 Å². The molecule has 3 aliphatic rings. The van der Waals surface area contributed by atoms with Gasteiger partial charge in [-0.15, -0.1) is 0 Å². The first-order chi connectivity index (χ1) is 31.1. The molecular formula is C48H56N8O8. The summed E-state index contributed by atoms with van der Waals surface area (Å²) in [5.41, 5.74) is 7.74. The second-order valence-electron chi connectivity index (χ2n) is 16.8. The van der Waals surface area contributed by atoms with Crippen molar-refractivity contribution in [1.29, 1.82) is 0 Å². The Labute approximate surface area is 371 Å². The molecule has 2 aromatic heterocycles. The summed E-state index contributed by atoms with van der Waals surface area (Å²) in [5.74, 6) is 2.36. The molecule has 3 unspecified atom stereocenters. The summed E-state index contributed by atoms with van der Waals surface area (Å²) in [6.07, 6.45) is 2.75. The molecule has 1 amide bonds. The first kappa shape index (κ1) is 43.6. The normalized spacial score (nSPS) is 20.5. The van der Waals surface area contributed by atoms with Crippen molar-refractivity contribution >= 4 is 16.9 Å². The molecule has 5 heterocycles. The Morgan fingerprint density at radius 2 is 1.44 bits per heavy atom. The van der Waals surface area contributed by atoms with Crippen molar-refractivity contribution in [2.75, 3.05) is 34.4 Å². The van der Waals surface area contributed by atoms with Gasteiger partial charge in [0.2, 0.25) is 6.41 Å². The Hall–Kier alpha value is -5.69. The largest absolute Gasteiger partial charge is 0.488 e. The molecule has 0 saturated carbocycles. The van der Waals surface area contributed by atoms with Crippen molar-refractivity contribution < 1.29 is 39.1 Å². The lowest BCUT2D eigenvalue weighted by molar-refractivity contribution is -0.127. The molecule has 0 bridgehead atoms. The van der Waals surface area contributed by atoms with Crippen LogP contribution in [0, 0.1) is 0 Å². The molecular weight excluding hydrogens is 817 g/mol. The molecule has 336 valence electrons. The monoisotopic (exact) mass is 872 g/mol. The maximum absolute atomic E-state index is 12.1. The van der Waals surface area contributed by atoms with Crippen molar-refractivity contribution in [3.63, 3.8) is 0 Å². The quantitative estimate of drug-likeness (QED) is 0.0584. The van der Waals surface area contributed by atoms with E-state index < -0.39 is 43.2 Å². The molecule has 16 nitrogen and oxygen atoms in total. The molecule has 6 aromatic rings. The molecule has 3 aliphatic heterocycles. The van der Waals surface area contributed by atoms with E-state index in [1.165, 1.54) is 14.2 Å². The predicted octanol–water partition coefficient (Wildman–Crippen LogP) is 6.10. The maximum Gasteiger partial charge on any atom is 0.407 e. The number of aromatic nitrogens is 4. The highest BCUT2D eigenvalue weighted by Gasteiger charge is 2.40. The summed E-state index contributed by atoms with van der Waals surface area (Å²) in [6, 6.07) is 24.9. The van der Waals surface area contributed by atoms with Gasteiger partial charge in [0.1, 0.15) is 36.5 Å². The van der Waals surface area contributed by atoms with Crippen molar-refractivity contribution in [3.05, 3.63) is 114 Å². The predicted molar refractivity (Wildman–Crippen MR) is 239 cm³/mol. The molecule has 2 saturated heterocycles. The highest BCUT2D eigenvalue weighted by atomic mass is 16.6. The van der Waals surface area contributed by atoms with Gasteiger partial charge in [-0.1, -0.05) is 60.7 Å². The third kappa shape index (κ3) is 8.51. The van der Waals surface area contributed by atoms with E-state index in [9.17, 15) is 20.1 Å². The van der Waals surface area contributed by atoms with Crippen molar-refractivity contribution in [3.8, 4) is 39.4 Å². The second-order valence-corrected chi connectivity index (χ2v) is 16.8. The van der Waals surface area contributed by atoms with E-state index in [2.05, 4.69) is 69.1 Å². The SMILES string of the molecule is COC(=O)N[C@H](C(O)N1CCC[C@H]1c1ncc(-c2ccc3c(c2)COc2c-3ccc3cc(-c4cnc([C@@H]5CCCN5C(O)[C@H](NC(O)OC)c5ccccc5)[nH]4)ccc23)[nH]1)[C@@H](C)OC. The van der Waals surface area contributed by atoms with E-state index in [0.717, 1.165) is 98.6 Å². The number of carbonyl (C=O) groups is 1. The number of nitrogens with one attached hydrogen (secondary N) is 4. The summed E-state index contributed by atoms with van der Waals surface area (Å²) < 4.78 is 21.9. The summed E-state index contributed by atoms with van der Waals surface area (Å²) in [7, 11) is 4.25. The molecule has 7 N–H and O–H groups in total. The number of aliphatic hydroxyl groups is 3. The fourth-order valence-corrected chi connectivity index (χ4v) is 9.64. The third-order valence-corrected chi connectivity index (χ3v) is 13.1. The van der Waals surface area contributed by atoms with Gasteiger partial charge in [0, 0.05) is 43.8 Å². The van der Waals surface area contributed by atoms with E-state index in [4.69, 9.17) is 28.9 Å². The molecule has 0 aliphatic carbocycles. The van der Waals surface area contributed by atoms with Gasteiger partial charge < -0.3 is 49.6 Å². The van der Waals surface area contributed by atoms with Crippen LogP contribution in [0.5, 0.6) is 5.75 Å². The molecule has 64 heavy (non-hydrogen) atoms. The number of imidazole rings is 2. The number of alkyl carbamates (subject to hydrolysis) is 1. The Morgan fingerprint density at radius 3 is 2.09 bits per heavy atom. The average molecular weight is 873 g/mol. The minimum atomic E-state index is -1.24. The molecule has 2 fully saturated rings. The van der Waals surface area contributed by atoms with Gasteiger partial charge in [-0.3, -0.25) is 15.1 Å². The minimum Gasteiger partial charge on any atom is -0.488 e. The Kier molecular flexibility index (Phi) is 12.8. The number of nitrogens with zero attached hydrogens (tertiary/aromatic N) is 4. The maximum atomic E-state index is 12.1. The lowest BCUT2D eigenvalue weighted by Crippen LogP contribution is -2.56. The number of hydrogen-bond acceptors (Lipinski definition) is 13. The molecule has 8 atom stereocenters. The fourth-order valence-electron chi connectivity index (χ4n) is 9.64. The van der Waals surface area contributed by atoms with Crippen LogP contribution in [0.2, 0.25) is 0 Å². The Bertz CT molecular complexity index is 2570. The van der Waals surface area contributed by atoms with Crippen LogP contribution in [0.25, 0.3) is 44.4 Å². The number of likely N-dealkylation sites (tertiary alicyclic amines) is 2. The lowest BCUT2D eigenvalue weighted by Gasteiger charge is -2.36. The number of aromatic amines is 2. The lowest BCUT2D eigenvalue weighted by atomic mass is 9.92.